The molecule has 0 fully saturated rings. The zero-order chi connectivity index (χ0) is 14.3. The average molecular weight is 264 g/mol. The van der Waals surface area contributed by atoms with Gasteiger partial charge in [-0.2, -0.15) is 0 Å². The molecule has 0 aromatic heterocycles. The van der Waals surface area contributed by atoms with Gasteiger partial charge in [-0.1, -0.05) is 26.3 Å². The molecule has 0 bridgehead atoms. The van der Waals surface area contributed by atoms with Gasteiger partial charge in [0.1, 0.15) is 0 Å². The van der Waals surface area contributed by atoms with Crippen molar-refractivity contribution in [3.05, 3.63) is 29.3 Å². The van der Waals surface area contributed by atoms with Gasteiger partial charge in [-0.3, -0.25) is 0 Å². The van der Waals surface area contributed by atoms with Crippen LogP contribution in [0.25, 0.3) is 6.08 Å². The van der Waals surface area contributed by atoms with Gasteiger partial charge in [-0.05, 0) is 36.6 Å². The van der Waals surface area contributed by atoms with E-state index < -0.39 is 5.97 Å². The number of ether oxygens (including phenoxy) is 1. The van der Waals surface area contributed by atoms with Crippen LogP contribution in [-0.2, 0) is 4.79 Å². The van der Waals surface area contributed by atoms with Gasteiger partial charge in [0.05, 0.1) is 6.61 Å². The third-order valence-electron chi connectivity index (χ3n) is 2.58. The van der Waals surface area contributed by atoms with Gasteiger partial charge < -0.3 is 14.9 Å². The van der Waals surface area contributed by atoms with E-state index in [2.05, 4.69) is 0 Å². The molecule has 0 aliphatic carbocycles. The molecule has 1 aromatic rings. The highest BCUT2D eigenvalue weighted by Gasteiger charge is 2.08. The van der Waals surface area contributed by atoms with Crippen molar-refractivity contribution in [2.45, 2.75) is 33.1 Å². The largest absolute Gasteiger partial charge is 0.504 e. The van der Waals surface area contributed by atoms with Crippen molar-refractivity contribution < 1.29 is 19.7 Å². The van der Waals surface area contributed by atoms with Crippen LogP contribution in [0.1, 0.15) is 38.7 Å². The number of aliphatic carboxylic acids is 1. The molecule has 0 saturated carbocycles. The van der Waals surface area contributed by atoms with Crippen molar-refractivity contribution in [2.75, 3.05) is 6.61 Å². The van der Waals surface area contributed by atoms with Crippen LogP contribution in [0.3, 0.4) is 0 Å². The molecule has 0 unspecified atom stereocenters. The van der Waals surface area contributed by atoms with Crippen LogP contribution in [0.2, 0.25) is 0 Å². The summed E-state index contributed by atoms with van der Waals surface area (Å²) in [5, 5.41) is 18.7. The highest BCUT2D eigenvalue weighted by molar-refractivity contribution is 5.92. The molecule has 4 nitrogen and oxygen atoms in total. The molecule has 0 aliphatic heterocycles. The predicted molar refractivity (Wildman–Crippen MR) is 74.4 cm³/mol. The highest BCUT2D eigenvalue weighted by Crippen LogP contribution is 2.28. The molecule has 0 aliphatic rings. The van der Waals surface area contributed by atoms with Crippen LogP contribution >= 0.6 is 0 Å². The maximum absolute atomic E-state index is 11.1. The number of aromatic hydroxyl groups is 1. The lowest BCUT2D eigenvalue weighted by atomic mass is 10.1. The minimum atomic E-state index is -0.911. The number of rotatable bonds is 7. The Kier molecular flexibility index (Phi) is 5.93. The lowest BCUT2D eigenvalue weighted by Gasteiger charge is -2.08. The van der Waals surface area contributed by atoms with Crippen LogP contribution in [-0.4, -0.2) is 22.8 Å². The Morgan fingerprint density at radius 3 is 2.63 bits per heavy atom. The Labute approximate surface area is 113 Å². The molecule has 104 valence electrons. The number of hydrogen-bond donors (Lipinski definition) is 2. The van der Waals surface area contributed by atoms with Gasteiger partial charge >= 0.3 is 5.97 Å². The number of carboxylic acid groups (broad SMARTS) is 1. The van der Waals surface area contributed by atoms with Gasteiger partial charge in [-0.25, -0.2) is 4.79 Å². The maximum Gasteiger partial charge on any atom is 0.331 e. The second-order valence-corrected chi connectivity index (χ2v) is 4.30. The summed E-state index contributed by atoms with van der Waals surface area (Å²) in [7, 11) is 0. The van der Waals surface area contributed by atoms with Crippen molar-refractivity contribution in [2.24, 2.45) is 0 Å². The van der Waals surface area contributed by atoms with Crippen molar-refractivity contribution in [3.8, 4) is 11.5 Å². The topological polar surface area (TPSA) is 66.8 Å². The summed E-state index contributed by atoms with van der Waals surface area (Å²) < 4.78 is 5.40. The monoisotopic (exact) mass is 264 g/mol. The Bertz CT molecular complexity index is 463. The lowest BCUT2D eigenvalue weighted by molar-refractivity contribution is -0.132. The first-order chi connectivity index (χ1) is 9.08. The van der Waals surface area contributed by atoms with Crippen LogP contribution in [0.4, 0.5) is 0 Å². The third-order valence-corrected chi connectivity index (χ3v) is 2.58. The zero-order valence-corrected chi connectivity index (χ0v) is 11.3. The summed E-state index contributed by atoms with van der Waals surface area (Å²) in [5.74, 6) is -0.458. The Hall–Kier alpha value is -1.97. The van der Waals surface area contributed by atoms with E-state index in [9.17, 15) is 9.90 Å². The lowest BCUT2D eigenvalue weighted by Crippen LogP contribution is -2.00. The quantitative estimate of drug-likeness (QED) is 0.740. The molecule has 0 radical (unpaired) electrons. The molecule has 0 spiro atoms. The molecule has 1 aromatic carbocycles. The van der Waals surface area contributed by atoms with Gasteiger partial charge in [0, 0.05) is 5.57 Å². The number of carboxylic acids is 1. The summed E-state index contributed by atoms with van der Waals surface area (Å²) >= 11 is 0. The van der Waals surface area contributed by atoms with E-state index in [1.54, 1.807) is 18.2 Å². The minimum Gasteiger partial charge on any atom is -0.504 e. The fourth-order valence-corrected chi connectivity index (χ4v) is 1.66. The standard InChI is InChI=1S/C15H20O4/c1-3-5-12(15(17)18)9-11-6-7-13(16)14(10-11)19-8-4-2/h6-7,9-10,16H,3-5,8H2,1-2H3,(H,17,18). The van der Waals surface area contributed by atoms with Crippen molar-refractivity contribution in [1.82, 2.24) is 0 Å². The Balaban J connectivity index is 2.99. The third kappa shape index (κ3) is 4.66. The van der Waals surface area contributed by atoms with Crippen LogP contribution < -0.4 is 4.74 Å². The molecule has 0 atom stereocenters. The molecule has 4 heteroatoms. The van der Waals surface area contributed by atoms with Gasteiger partial charge in [0.25, 0.3) is 0 Å². The molecule has 0 saturated heterocycles. The number of phenolic OH excluding ortho intramolecular Hbond substituents is 1. The number of benzene rings is 1. The molecule has 1 rings (SSSR count). The molecular formula is C15H20O4. The van der Waals surface area contributed by atoms with Gasteiger partial charge in [0.15, 0.2) is 11.5 Å². The number of phenols is 1. The van der Waals surface area contributed by atoms with E-state index in [0.29, 0.717) is 24.4 Å². The van der Waals surface area contributed by atoms with Crippen LogP contribution in [0, 0.1) is 0 Å². The summed E-state index contributed by atoms with van der Waals surface area (Å²) in [4.78, 5) is 11.1. The number of hydrogen-bond acceptors (Lipinski definition) is 3. The van der Waals surface area contributed by atoms with E-state index in [1.807, 2.05) is 13.8 Å². The normalized spacial score (nSPS) is 11.4. The zero-order valence-electron chi connectivity index (χ0n) is 11.3. The molecule has 19 heavy (non-hydrogen) atoms. The van der Waals surface area contributed by atoms with E-state index in [-0.39, 0.29) is 5.75 Å². The minimum absolute atomic E-state index is 0.0676. The predicted octanol–water partition coefficient (Wildman–Crippen LogP) is 3.45. The van der Waals surface area contributed by atoms with E-state index in [1.165, 1.54) is 6.07 Å². The molecule has 2 N–H and O–H groups in total. The molecule has 0 heterocycles. The van der Waals surface area contributed by atoms with Crippen LogP contribution in [0.5, 0.6) is 11.5 Å². The summed E-state index contributed by atoms with van der Waals surface area (Å²) in [6.45, 7) is 4.43. The highest BCUT2D eigenvalue weighted by atomic mass is 16.5. The van der Waals surface area contributed by atoms with E-state index in [0.717, 1.165) is 18.4 Å². The summed E-state index contributed by atoms with van der Waals surface area (Å²) in [6.07, 6.45) is 3.75. The smallest absolute Gasteiger partial charge is 0.331 e. The van der Waals surface area contributed by atoms with E-state index in [4.69, 9.17) is 9.84 Å². The maximum atomic E-state index is 11.1. The molecular weight excluding hydrogens is 244 g/mol. The second kappa shape index (κ2) is 7.46. The fraction of sp³-hybridized carbons (Fsp3) is 0.400. The van der Waals surface area contributed by atoms with Crippen molar-refractivity contribution >= 4 is 12.0 Å². The van der Waals surface area contributed by atoms with Gasteiger partial charge in [-0.15, -0.1) is 0 Å². The summed E-state index contributed by atoms with van der Waals surface area (Å²) in [6, 6.07) is 4.85. The first kappa shape index (κ1) is 15.1. The fourth-order valence-electron chi connectivity index (χ4n) is 1.66. The SMILES string of the molecule is CCCOc1cc(C=C(CCC)C(=O)O)ccc1O. The van der Waals surface area contributed by atoms with Gasteiger partial charge in [0.2, 0.25) is 0 Å². The first-order valence-electron chi connectivity index (χ1n) is 6.48. The Morgan fingerprint density at radius 2 is 2.05 bits per heavy atom. The Morgan fingerprint density at radius 1 is 1.32 bits per heavy atom. The van der Waals surface area contributed by atoms with Crippen molar-refractivity contribution in [1.29, 1.82) is 0 Å². The van der Waals surface area contributed by atoms with Crippen LogP contribution in [0.15, 0.2) is 23.8 Å². The number of carbonyl (C=O) groups is 1. The van der Waals surface area contributed by atoms with Crippen molar-refractivity contribution in [3.63, 3.8) is 0 Å². The summed E-state index contributed by atoms with van der Waals surface area (Å²) in [5.41, 5.74) is 1.07. The average Bonchev–Trinajstić information content (AvgIpc) is 2.38. The second-order valence-electron chi connectivity index (χ2n) is 4.30. The van der Waals surface area contributed by atoms with E-state index >= 15 is 0 Å². The first-order valence-corrected chi connectivity index (χ1v) is 6.48. The molecule has 0 amide bonds.